The van der Waals surface area contributed by atoms with Gasteiger partial charge in [0.05, 0.1) is 7.11 Å². The van der Waals surface area contributed by atoms with E-state index in [0.717, 1.165) is 12.5 Å². The molecule has 0 unspecified atom stereocenters. The van der Waals surface area contributed by atoms with E-state index in [1.165, 1.54) is 13.2 Å². The van der Waals surface area contributed by atoms with E-state index >= 15 is 0 Å². The van der Waals surface area contributed by atoms with Crippen LogP contribution in [0.5, 0.6) is 5.75 Å². The van der Waals surface area contributed by atoms with E-state index in [0.29, 0.717) is 18.5 Å². The van der Waals surface area contributed by atoms with Gasteiger partial charge in [-0.05, 0) is 36.4 Å². The Balaban J connectivity index is 2.96. The second-order valence-corrected chi connectivity index (χ2v) is 4.96. The number of hydrogen-bond donors (Lipinski definition) is 1. The summed E-state index contributed by atoms with van der Waals surface area (Å²) in [5.41, 5.74) is 5.71. The molecule has 0 aliphatic heterocycles. The third-order valence-corrected chi connectivity index (χ3v) is 2.81. The van der Waals surface area contributed by atoms with Crippen molar-refractivity contribution in [2.45, 2.75) is 26.7 Å². The SMILES string of the molecule is COc1cc(F)c(CC(C)(C)CCN)cc1F. The Morgan fingerprint density at radius 1 is 1.24 bits per heavy atom. The zero-order chi connectivity index (χ0) is 13.1. The number of methoxy groups -OCH3 is 1. The highest BCUT2D eigenvalue weighted by Crippen LogP contribution is 2.29. The Kier molecular flexibility index (Phi) is 4.46. The summed E-state index contributed by atoms with van der Waals surface area (Å²) in [6.45, 7) is 4.51. The summed E-state index contributed by atoms with van der Waals surface area (Å²) in [6, 6.07) is 2.29. The lowest BCUT2D eigenvalue weighted by Crippen LogP contribution is -2.20. The van der Waals surface area contributed by atoms with Gasteiger partial charge in [-0.1, -0.05) is 13.8 Å². The third kappa shape index (κ3) is 3.66. The van der Waals surface area contributed by atoms with Crippen LogP contribution in [0.25, 0.3) is 0 Å². The molecule has 0 saturated heterocycles. The lowest BCUT2D eigenvalue weighted by Gasteiger charge is -2.24. The highest BCUT2D eigenvalue weighted by Gasteiger charge is 2.21. The molecule has 0 saturated carbocycles. The van der Waals surface area contributed by atoms with Gasteiger partial charge in [-0.2, -0.15) is 0 Å². The minimum Gasteiger partial charge on any atom is -0.494 e. The minimum atomic E-state index is -0.535. The van der Waals surface area contributed by atoms with Crippen LogP contribution in [0, 0.1) is 17.0 Å². The lowest BCUT2D eigenvalue weighted by molar-refractivity contribution is 0.330. The Hall–Kier alpha value is -1.16. The quantitative estimate of drug-likeness (QED) is 0.863. The lowest BCUT2D eigenvalue weighted by atomic mass is 9.82. The highest BCUT2D eigenvalue weighted by atomic mass is 19.1. The molecule has 17 heavy (non-hydrogen) atoms. The Morgan fingerprint density at radius 3 is 2.41 bits per heavy atom. The van der Waals surface area contributed by atoms with Crippen LogP contribution in [0.4, 0.5) is 8.78 Å². The van der Waals surface area contributed by atoms with Gasteiger partial charge in [0.25, 0.3) is 0 Å². The molecule has 0 amide bonds. The second kappa shape index (κ2) is 5.45. The summed E-state index contributed by atoms with van der Waals surface area (Å²) in [7, 11) is 1.32. The monoisotopic (exact) mass is 243 g/mol. The molecule has 0 radical (unpaired) electrons. The predicted molar refractivity (Wildman–Crippen MR) is 64.1 cm³/mol. The van der Waals surface area contributed by atoms with Crippen molar-refractivity contribution in [2.24, 2.45) is 11.1 Å². The molecule has 96 valence electrons. The maximum absolute atomic E-state index is 13.7. The molecular formula is C13H19F2NO. The van der Waals surface area contributed by atoms with Crippen LogP contribution in [0.1, 0.15) is 25.8 Å². The average molecular weight is 243 g/mol. The molecule has 1 aromatic rings. The van der Waals surface area contributed by atoms with Crippen LogP contribution in [-0.2, 0) is 6.42 Å². The van der Waals surface area contributed by atoms with Gasteiger partial charge >= 0.3 is 0 Å². The van der Waals surface area contributed by atoms with Gasteiger partial charge in [0.15, 0.2) is 11.6 Å². The maximum atomic E-state index is 13.7. The van der Waals surface area contributed by atoms with E-state index in [-0.39, 0.29) is 11.2 Å². The summed E-state index contributed by atoms with van der Waals surface area (Å²) in [4.78, 5) is 0. The first-order chi connectivity index (χ1) is 7.89. The first kappa shape index (κ1) is 13.9. The largest absolute Gasteiger partial charge is 0.494 e. The van der Waals surface area contributed by atoms with Gasteiger partial charge in [-0.15, -0.1) is 0 Å². The molecule has 0 heterocycles. The molecule has 2 nitrogen and oxygen atoms in total. The van der Waals surface area contributed by atoms with Crippen molar-refractivity contribution in [1.29, 1.82) is 0 Å². The van der Waals surface area contributed by atoms with Crippen LogP contribution in [0.3, 0.4) is 0 Å². The molecule has 0 bridgehead atoms. The second-order valence-electron chi connectivity index (χ2n) is 4.96. The number of halogens is 2. The van der Waals surface area contributed by atoms with Crippen LogP contribution in [-0.4, -0.2) is 13.7 Å². The van der Waals surface area contributed by atoms with E-state index in [4.69, 9.17) is 10.5 Å². The third-order valence-electron chi connectivity index (χ3n) is 2.81. The number of hydrogen-bond acceptors (Lipinski definition) is 2. The first-order valence-corrected chi connectivity index (χ1v) is 5.61. The number of nitrogens with two attached hydrogens (primary N) is 1. The number of benzene rings is 1. The van der Waals surface area contributed by atoms with E-state index < -0.39 is 11.6 Å². The van der Waals surface area contributed by atoms with Crippen molar-refractivity contribution in [3.8, 4) is 5.75 Å². The van der Waals surface area contributed by atoms with Crippen molar-refractivity contribution in [3.05, 3.63) is 29.3 Å². The molecule has 0 aliphatic rings. The van der Waals surface area contributed by atoms with Crippen LogP contribution >= 0.6 is 0 Å². The Bertz CT molecular complexity index is 391. The predicted octanol–water partition coefficient (Wildman–Crippen LogP) is 2.89. The highest BCUT2D eigenvalue weighted by molar-refractivity contribution is 5.31. The van der Waals surface area contributed by atoms with Crippen molar-refractivity contribution in [1.82, 2.24) is 0 Å². The smallest absolute Gasteiger partial charge is 0.165 e. The van der Waals surface area contributed by atoms with Gasteiger partial charge < -0.3 is 10.5 Å². The van der Waals surface area contributed by atoms with Crippen LogP contribution in [0.2, 0.25) is 0 Å². The summed E-state index contributed by atoms with van der Waals surface area (Å²) < 4.78 is 31.9. The minimum absolute atomic E-state index is 0.0668. The van der Waals surface area contributed by atoms with Gasteiger partial charge in [-0.3, -0.25) is 0 Å². The molecule has 0 fully saturated rings. The van der Waals surface area contributed by atoms with Crippen molar-refractivity contribution < 1.29 is 13.5 Å². The molecule has 0 aromatic heterocycles. The molecule has 0 atom stereocenters. The molecule has 2 N–H and O–H groups in total. The molecule has 0 spiro atoms. The van der Waals surface area contributed by atoms with E-state index in [1.54, 1.807) is 0 Å². The number of ether oxygens (including phenoxy) is 1. The summed E-state index contributed by atoms with van der Waals surface area (Å²) in [6.07, 6.45) is 1.22. The molecule has 1 rings (SSSR count). The van der Waals surface area contributed by atoms with E-state index in [9.17, 15) is 8.78 Å². The van der Waals surface area contributed by atoms with Gasteiger partial charge in [0.2, 0.25) is 0 Å². The van der Waals surface area contributed by atoms with E-state index in [2.05, 4.69) is 0 Å². The van der Waals surface area contributed by atoms with Crippen molar-refractivity contribution in [3.63, 3.8) is 0 Å². The Morgan fingerprint density at radius 2 is 1.88 bits per heavy atom. The fourth-order valence-electron chi connectivity index (χ4n) is 1.86. The maximum Gasteiger partial charge on any atom is 0.165 e. The average Bonchev–Trinajstić information content (AvgIpc) is 2.22. The van der Waals surface area contributed by atoms with Crippen LogP contribution < -0.4 is 10.5 Å². The molecule has 4 heteroatoms. The molecule has 0 aliphatic carbocycles. The Labute approximate surface area is 101 Å². The summed E-state index contributed by atoms with van der Waals surface area (Å²) in [5, 5.41) is 0. The summed E-state index contributed by atoms with van der Waals surface area (Å²) >= 11 is 0. The zero-order valence-corrected chi connectivity index (χ0v) is 10.5. The first-order valence-electron chi connectivity index (χ1n) is 5.61. The number of rotatable bonds is 5. The van der Waals surface area contributed by atoms with Crippen molar-refractivity contribution >= 4 is 0 Å². The van der Waals surface area contributed by atoms with Gasteiger partial charge in [0.1, 0.15) is 5.82 Å². The molecular weight excluding hydrogens is 224 g/mol. The standard InChI is InChI=1S/C13H19F2NO/c1-13(2,4-5-16)8-9-6-11(15)12(17-3)7-10(9)14/h6-7H,4-5,8,16H2,1-3H3. The topological polar surface area (TPSA) is 35.2 Å². The van der Waals surface area contributed by atoms with Gasteiger partial charge in [-0.25, -0.2) is 8.78 Å². The van der Waals surface area contributed by atoms with E-state index in [1.807, 2.05) is 13.8 Å². The molecule has 1 aromatic carbocycles. The summed E-state index contributed by atoms with van der Waals surface area (Å²) in [5.74, 6) is -1.04. The normalized spacial score (nSPS) is 11.6. The van der Waals surface area contributed by atoms with Gasteiger partial charge in [0, 0.05) is 6.07 Å². The van der Waals surface area contributed by atoms with Crippen LogP contribution in [0.15, 0.2) is 12.1 Å². The van der Waals surface area contributed by atoms with Crippen molar-refractivity contribution in [2.75, 3.05) is 13.7 Å². The fourth-order valence-corrected chi connectivity index (χ4v) is 1.86. The zero-order valence-electron chi connectivity index (χ0n) is 10.5. The fraction of sp³-hybridized carbons (Fsp3) is 0.538.